The lowest BCUT2D eigenvalue weighted by Gasteiger charge is -2.37. The summed E-state index contributed by atoms with van der Waals surface area (Å²) in [7, 11) is -3.28. The summed E-state index contributed by atoms with van der Waals surface area (Å²) >= 11 is 0. The summed E-state index contributed by atoms with van der Waals surface area (Å²) in [6.07, 6.45) is -2.62. The summed E-state index contributed by atoms with van der Waals surface area (Å²) in [5.74, 6) is -0.501. The van der Waals surface area contributed by atoms with Gasteiger partial charge < -0.3 is 4.74 Å². The molecule has 1 saturated carbocycles. The van der Waals surface area contributed by atoms with Gasteiger partial charge in [0, 0.05) is 6.20 Å². The van der Waals surface area contributed by atoms with Crippen molar-refractivity contribution in [2.75, 3.05) is 13.1 Å². The van der Waals surface area contributed by atoms with Gasteiger partial charge in [-0.2, -0.15) is 17.5 Å². The van der Waals surface area contributed by atoms with Gasteiger partial charge in [0.25, 0.3) is 0 Å². The number of hydrogen-bond donors (Lipinski definition) is 0. The maximum Gasteiger partial charge on any atom is 0.421 e. The summed E-state index contributed by atoms with van der Waals surface area (Å²) in [6.45, 7) is 0.152. The second kappa shape index (κ2) is 4.84. The van der Waals surface area contributed by atoms with Crippen LogP contribution in [0.4, 0.5) is 13.2 Å². The van der Waals surface area contributed by atoms with Crippen molar-refractivity contribution < 1.29 is 26.3 Å². The van der Waals surface area contributed by atoms with Crippen LogP contribution >= 0.6 is 0 Å². The Morgan fingerprint density at radius 3 is 2.52 bits per heavy atom. The van der Waals surface area contributed by atoms with Crippen LogP contribution in [0, 0.1) is 0 Å². The first-order valence-corrected chi connectivity index (χ1v) is 7.96. The van der Waals surface area contributed by atoms with E-state index in [9.17, 15) is 21.6 Å². The van der Waals surface area contributed by atoms with Gasteiger partial charge in [-0.3, -0.25) is 0 Å². The second-order valence-corrected chi connectivity index (χ2v) is 7.37. The van der Waals surface area contributed by atoms with E-state index in [2.05, 4.69) is 4.98 Å². The number of rotatable bonds is 4. The first-order valence-electron chi connectivity index (χ1n) is 6.46. The molecule has 3 rings (SSSR count). The number of aromatic nitrogens is 1. The highest BCUT2D eigenvalue weighted by Gasteiger charge is 2.46. The molecule has 0 aromatic carbocycles. The molecule has 0 unspecified atom stereocenters. The maximum absolute atomic E-state index is 12.8. The molecule has 2 heterocycles. The molecular weight excluding hydrogens is 309 g/mol. The highest BCUT2D eigenvalue weighted by Crippen LogP contribution is 2.37. The summed E-state index contributed by atoms with van der Waals surface area (Å²) < 4.78 is 68.5. The normalized spacial score (nSPS) is 21.1. The van der Waals surface area contributed by atoms with Crippen molar-refractivity contribution in [2.45, 2.75) is 30.4 Å². The summed E-state index contributed by atoms with van der Waals surface area (Å²) in [5.41, 5.74) is -0.950. The third-order valence-electron chi connectivity index (χ3n) is 3.47. The van der Waals surface area contributed by atoms with Crippen molar-refractivity contribution in [3.8, 4) is 5.88 Å². The van der Waals surface area contributed by atoms with Crippen molar-refractivity contribution in [3.05, 3.63) is 23.9 Å². The van der Waals surface area contributed by atoms with Crippen LogP contribution in [0.5, 0.6) is 5.88 Å². The van der Waals surface area contributed by atoms with Crippen LogP contribution in [0.15, 0.2) is 18.3 Å². The van der Waals surface area contributed by atoms with E-state index in [1.54, 1.807) is 0 Å². The first kappa shape index (κ1) is 14.6. The van der Waals surface area contributed by atoms with Crippen molar-refractivity contribution in [3.63, 3.8) is 0 Å². The number of ether oxygens (including phenoxy) is 1. The lowest BCUT2D eigenvalue weighted by atomic mass is 10.2. The van der Waals surface area contributed by atoms with Gasteiger partial charge in [0.1, 0.15) is 11.7 Å². The van der Waals surface area contributed by atoms with Crippen LogP contribution in [-0.4, -0.2) is 42.2 Å². The maximum atomic E-state index is 12.8. The van der Waals surface area contributed by atoms with Gasteiger partial charge in [-0.1, -0.05) is 0 Å². The zero-order valence-electron chi connectivity index (χ0n) is 10.9. The molecule has 1 aliphatic heterocycles. The molecular formula is C12H13F3N2O3S. The van der Waals surface area contributed by atoms with Gasteiger partial charge in [0.15, 0.2) is 0 Å². The minimum Gasteiger partial charge on any atom is -0.471 e. The zero-order chi connectivity index (χ0) is 15.3. The Morgan fingerprint density at radius 2 is 1.95 bits per heavy atom. The number of pyridine rings is 1. The van der Waals surface area contributed by atoms with Crippen LogP contribution in [-0.2, 0) is 16.2 Å². The Bertz CT molecular complexity index is 637. The molecule has 0 N–H and O–H groups in total. The largest absolute Gasteiger partial charge is 0.471 e. The van der Waals surface area contributed by atoms with Crippen LogP contribution < -0.4 is 4.74 Å². The van der Waals surface area contributed by atoms with Crippen molar-refractivity contribution in [1.82, 2.24) is 9.29 Å². The lowest BCUT2D eigenvalue weighted by molar-refractivity contribution is -0.140. The molecule has 116 valence electrons. The summed E-state index contributed by atoms with van der Waals surface area (Å²) in [6, 6.07) is 2.07. The highest BCUT2D eigenvalue weighted by molar-refractivity contribution is 7.90. The lowest BCUT2D eigenvalue weighted by Crippen LogP contribution is -2.57. The van der Waals surface area contributed by atoms with E-state index < -0.39 is 33.7 Å². The molecule has 1 saturated heterocycles. The van der Waals surface area contributed by atoms with Gasteiger partial charge in [0.05, 0.1) is 18.3 Å². The van der Waals surface area contributed by atoms with Gasteiger partial charge >= 0.3 is 6.18 Å². The average molecular weight is 322 g/mol. The van der Waals surface area contributed by atoms with Gasteiger partial charge in [-0.05, 0) is 25.0 Å². The third-order valence-corrected chi connectivity index (χ3v) is 5.81. The Labute approximate surface area is 119 Å². The van der Waals surface area contributed by atoms with Gasteiger partial charge in [-0.25, -0.2) is 13.4 Å². The van der Waals surface area contributed by atoms with E-state index in [1.807, 2.05) is 0 Å². The smallest absolute Gasteiger partial charge is 0.421 e. The molecule has 21 heavy (non-hydrogen) atoms. The third kappa shape index (κ3) is 2.84. The van der Waals surface area contributed by atoms with E-state index in [0.717, 1.165) is 6.07 Å². The minimum absolute atomic E-state index is 0.0761. The van der Waals surface area contributed by atoms with Crippen LogP contribution in [0.2, 0.25) is 0 Å². The molecule has 1 aromatic rings. The SMILES string of the molecule is O=S(=O)(C1CC1)N1CC(Oc2ncccc2C(F)(F)F)C1. The Hall–Kier alpha value is -1.35. The quantitative estimate of drug-likeness (QED) is 0.846. The molecule has 0 atom stereocenters. The molecule has 1 aliphatic carbocycles. The molecule has 2 fully saturated rings. The molecule has 1 aromatic heterocycles. The highest BCUT2D eigenvalue weighted by atomic mass is 32.2. The summed E-state index contributed by atoms with van der Waals surface area (Å²) in [4.78, 5) is 3.59. The molecule has 0 bridgehead atoms. The molecule has 0 amide bonds. The molecule has 0 radical (unpaired) electrons. The standard InChI is InChI=1S/C12H13F3N2O3S/c13-12(14,15)10-2-1-5-16-11(10)20-8-6-17(7-8)21(18,19)9-3-4-9/h1-2,5,8-9H,3-4,6-7H2. The first-order chi connectivity index (χ1) is 9.78. The Morgan fingerprint density at radius 1 is 1.29 bits per heavy atom. The molecule has 0 spiro atoms. The van der Waals surface area contributed by atoms with Crippen molar-refractivity contribution >= 4 is 10.0 Å². The molecule has 5 nitrogen and oxygen atoms in total. The van der Waals surface area contributed by atoms with Crippen molar-refractivity contribution in [2.24, 2.45) is 0 Å². The fraction of sp³-hybridized carbons (Fsp3) is 0.583. The van der Waals surface area contributed by atoms with Crippen LogP contribution in [0.1, 0.15) is 18.4 Å². The fourth-order valence-corrected chi connectivity index (χ4v) is 4.02. The number of hydrogen-bond acceptors (Lipinski definition) is 4. The van der Waals surface area contributed by atoms with E-state index in [1.165, 1.54) is 16.6 Å². The predicted molar refractivity (Wildman–Crippen MR) is 67.2 cm³/mol. The number of sulfonamides is 1. The summed E-state index contributed by atoms with van der Waals surface area (Å²) in [5, 5.41) is -0.320. The predicted octanol–water partition coefficient (Wildman–Crippen LogP) is 1.66. The van der Waals surface area contributed by atoms with E-state index in [0.29, 0.717) is 12.8 Å². The number of nitrogens with zero attached hydrogens (tertiary/aromatic N) is 2. The monoisotopic (exact) mass is 322 g/mol. The molecule has 2 aliphatic rings. The van der Waals surface area contributed by atoms with Crippen molar-refractivity contribution in [1.29, 1.82) is 0 Å². The average Bonchev–Trinajstić information content (AvgIpc) is 3.16. The molecule has 9 heteroatoms. The Balaban J connectivity index is 1.65. The fourth-order valence-electron chi connectivity index (χ4n) is 2.12. The van der Waals surface area contributed by atoms with E-state index in [-0.39, 0.29) is 18.3 Å². The van der Waals surface area contributed by atoms with Crippen LogP contribution in [0.3, 0.4) is 0 Å². The van der Waals surface area contributed by atoms with E-state index >= 15 is 0 Å². The number of halogens is 3. The van der Waals surface area contributed by atoms with Gasteiger partial charge in [0.2, 0.25) is 15.9 Å². The zero-order valence-corrected chi connectivity index (χ0v) is 11.7. The minimum atomic E-state index is -4.55. The van der Waals surface area contributed by atoms with Crippen LogP contribution in [0.25, 0.3) is 0 Å². The second-order valence-electron chi connectivity index (χ2n) is 5.16. The number of alkyl halides is 3. The van der Waals surface area contributed by atoms with E-state index in [4.69, 9.17) is 4.74 Å². The van der Waals surface area contributed by atoms with Gasteiger partial charge in [-0.15, -0.1) is 0 Å². The topological polar surface area (TPSA) is 59.5 Å². The Kier molecular flexibility index (Phi) is 3.36.